The molecule has 2 aromatic carbocycles. The van der Waals surface area contributed by atoms with Gasteiger partial charge in [-0.25, -0.2) is 0 Å². The Balaban J connectivity index is 2.51. The van der Waals surface area contributed by atoms with Gasteiger partial charge in [0, 0.05) is 0 Å². The molecule has 1 heterocycles. The summed E-state index contributed by atoms with van der Waals surface area (Å²) in [7, 11) is 0. The first-order valence-electron chi connectivity index (χ1n) is 8.12. The minimum atomic E-state index is -6.25. The number of fused-ring (bicyclic) bond motifs is 1. The molecule has 2 atom stereocenters. The number of hydrogen-bond donors (Lipinski definition) is 1. The van der Waals surface area contributed by atoms with Crippen molar-refractivity contribution in [3.05, 3.63) is 67.5 Å². The number of halogens is 9. The van der Waals surface area contributed by atoms with Crippen LogP contribution in [-0.4, -0.2) is 9.61 Å². The molecule has 0 fully saturated rings. The zero-order chi connectivity index (χ0) is 23.0. The molecule has 0 bridgehead atoms. The van der Waals surface area contributed by atoms with Crippen LogP contribution in [0, 0.1) is 32.7 Å². The van der Waals surface area contributed by atoms with Crippen LogP contribution < -0.4 is 0 Å². The SMILES string of the molecule is CC(C)(C)c1ccc2c(c1)I(=O)(O)OC2(c1c(F)c(F)c(F)c(F)c1F)C(F)(F)F. The quantitative estimate of drug-likeness (QED) is 0.206. The van der Waals surface area contributed by atoms with Crippen molar-refractivity contribution < 1.29 is 44.7 Å². The van der Waals surface area contributed by atoms with Gasteiger partial charge in [-0.05, 0) is 0 Å². The van der Waals surface area contributed by atoms with E-state index in [2.05, 4.69) is 3.07 Å². The van der Waals surface area contributed by atoms with Gasteiger partial charge in [-0.1, -0.05) is 0 Å². The molecule has 0 spiro atoms. The molecule has 166 valence electrons. The Kier molecular flexibility index (Phi) is 5.11. The van der Waals surface area contributed by atoms with Crippen LogP contribution in [-0.2, 0) is 17.2 Å². The maximum atomic E-state index is 14.4. The van der Waals surface area contributed by atoms with E-state index < -0.39 is 80.2 Å². The minimum absolute atomic E-state index is 0.290. The maximum absolute atomic E-state index is 14.4. The van der Waals surface area contributed by atoms with Crippen molar-refractivity contribution in [3.63, 3.8) is 0 Å². The third-order valence-electron chi connectivity index (χ3n) is 4.65. The van der Waals surface area contributed by atoms with Crippen molar-refractivity contribution >= 4 is 19.3 Å². The Morgan fingerprint density at radius 1 is 0.900 bits per heavy atom. The zero-order valence-corrected chi connectivity index (χ0v) is 17.6. The molecule has 12 heteroatoms. The van der Waals surface area contributed by atoms with Crippen molar-refractivity contribution in [1.29, 1.82) is 0 Å². The van der Waals surface area contributed by atoms with Crippen molar-refractivity contribution in [3.8, 4) is 0 Å². The predicted octanol–water partition coefficient (Wildman–Crippen LogP) is 5.90. The zero-order valence-electron chi connectivity index (χ0n) is 15.4. The summed E-state index contributed by atoms with van der Waals surface area (Å²) in [4.78, 5) is 0. The number of alkyl halides is 3. The van der Waals surface area contributed by atoms with Crippen LogP contribution in [0.25, 0.3) is 0 Å². The van der Waals surface area contributed by atoms with E-state index in [1.807, 2.05) is 0 Å². The first-order valence-corrected chi connectivity index (χ1v) is 11.9. The second-order valence-electron chi connectivity index (χ2n) is 7.59. The molecule has 0 aliphatic carbocycles. The Hall–Kier alpha value is -1.67. The van der Waals surface area contributed by atoms with Crippen LogP contribution in [0.2, 0.25) is 0 Å². The van der Waals surface area contributed by atoms with Crippen molar-refractivity contribution in [2.24, 2.45) is 0 Å². The summed E-state index contributed by atoms with van der Waals surface area (Å²) in [5.74, 6) is -13.6. The Bertz CT molecular complexity index is 1080. The Morgan fingerprint density at radius 3 is 1.80 bits per heavy atom. The molecule has 3 rings (SSSR count). The molecule has 0 aromatic heterocycles. The predicted molar refractivity (Wildman–Crippen MR) is 94.9 cm³/mol. The van der Waals surface area contributed by atoms with E-state index in [1.54, 1.807) is 20.8 Å². The fourth-order valence-electron chi connectivity index (χ4n) is 3.13. The second kappa shape index (κ2) is 6.66. The normalized spacial score (nSPS) is 26.4. The van der Waals surface area contributed by atoms with E-state index in [9.17, 15) is 41.6 Å². The van der Waals surface area contributed by atoms with Gasteiger partial charge in [-0.2, -0.15) is 0 Å². The third kappa shape index (κ3) is 3.06. The third-order valence-corrected chi connectivity index (χ3v) is 8.27. The molecule has 1 N–H and O–H groups in total. The van der Waals surface area contributed by atoms with Crippen molar-refractivity contribution in [2.75, 3.05) is 0 Å². The molecule has 3 nitrogen and oxygen atoms in total. The van der Waals surface area contributed by atoms with Crippen molar-refractivity contribution in [2.45, 2.75) is 38.0 Å². The van der Waals surface area contributed by atoms with Gasteiger partial charge in [0.25, 0.3) is 0 Å². The molecular weight excluding hydrogens is 543 g/mol. The first-order chi connectivity index (χ1) is 13.5. The summed E-state index contributed by atoms with van der Waals surface area (Å²) in [6, 6.07) is 2.66. The Labute approximate surface area is 169 Å². The fraction of sp³-hybridized carbons (Fsp3) is 0.333. The molecule has 2 unspecified atom stereocenters. The van der Waals surface area contributed by atoms with Gasteiger partial charge in [0.2, 0.25) is 0 Å². The summed E-state index contributed by atoms with van der Waals surface area (Å²) in [5, 5.41) is 0. The monoisotopic (exact) mass is 556 g/mol. The average Bonchev–Trinajstić information content (AvgIpc) is 2.86. The van der Waals surface area contributed by atoms with Crippen LogP contribution in [0.3, 0.4) is 0 Å². The van der Waals surface area contributed by atoms with Gasteiger partial charge in [0.05, 0.1) is 0 Å². The molecule has 0 saturated carbocycles. The number of rotatable bonds is 1. The molecule has 1 aliphatic rings. The van der Waals surface area contributed by atoms with E-state index in [0.717, 1.165) is 12.1 Å². The van der Waals surface area contributed by atoms with Crippen LogP contribution >= 0.6 is 19.3 Å². The van der Waals surface area contributed by atoms with Gasteiger partial charge < -0.3 is 0 Å². The molecule has 1 aliphatic heterocycles. The van der Waals surface area contributed by atoms with Crippen LogP contribution in [0.5, 0.6) is 0 Å². The number of benzene rings is 2. The van der Waals surface area contributed by atoms with Gasteiger partial charge >= 0.3 is 169 Å². The second-order valence-corrected chi connectivity index (χ2v) is 11.7. The molecular formula is C18H13F8IO3. The van der Waals surface area contributed by atoms with E-state index >= 15 is 0 Å². The van der Waals surface area contributed by atoms with E-state index in [-0.39, 0.29) is 5.56 Å². The van der Waals surface area contributed by atoms with Gasteiger partial charge in [-0.15, -0.1) is 0 Å². The molecule has 0 radical (unpaired) electrons. The van der Waals surface area contributed by atoms with Crippen molar-refractivity contribution in [1.82, 2.24) is 0 Å². The fourth-order valence-corrected chi connectivity index (χ4v) is 6.99. The Morgan fingerprint density at radius 2 is 1.37 bits per heavy atom. The van der Waals surface area contributed by atoms with Crippen LogP contribution in [0.1, 0.15) is 37.5 Å². The van der Waals surface area contributed by atoms with E-state index in [0.29, 0.717) is 6.07 Å². The average molecular weight is 556 g/mol. The summed E-state index contributed by atoms with van der Waals surface area (Å²) < 4.78 is 138. The topological polar surface area (TPSA) is 46.5 Å². The first kappa shape index (κ1) is 23.0. The summed E-state index contributed by atoms with van der Waals surface area (Å²) in [6.07, 6.45) is -5.86. The molecule has 0 saturated heterocycles. The van der Waals surface area contributed by atoms with E-state index in [4.69, 9.17) is 0 Å². The molecule has 2 aromatic rings. The molecule has 30 heavy (non-hydrogen) atoms. The van der Waals surface area contributed by atoms with Gasteiger partial charge in [0.15, 0.2) is 0 Å². The summed E-state index contributed by atoms with van der Waals surface area (Å²) >= 11 is -6.25. The van der Waals surface area contributed by atoms with Gasteiger partial charge in [-0.3, -0.25) is 0 Å². The van der Waals surface area contributed by atoms with Crippen LogP contribution in [0.15, 0.2) is 18.2 Å². The molecule has 0 amide bonds. The van der Waals surface area contributed by atoms with Crippen LogP contribution in [0.4, 0.5) is 35.1 Å². The summed E-state index contributed by atoms with van der Waals surface area (Å²) in [5.41, 5.74) is -8.39. The number of hydrogen-bond acceptors (Lipinski definition) is 2. The van der Waals surface area contributed by atoms with E-state index in [1.165, 1.54) is 0 Å². The summed E-state index contributed by atoms with van der Waals surface area (Å²) in [6.45, 7) is 4.92. The standard InChI is InChI=1S/C18H13F8IO3/c1-16(2,3)7-4-5-8-9(6-7)27(28,29)30-17(8,18(24,25)26)10-11(19)13(21)15(23)14(22)12(10)20/h4-6H,1-3H3,(H,28,29). The van der Waals surface area contributed by atoms with Gasteiger partial charge in [0.1, 0.15) is 0 Å².